The molecule has 0 amide bonds. The van der Waals surface area contributed by atoms with E-state index in [0.29, 0.717) is 0 Å². The molecule has 134 valence electrons. The van der Waals surface area contributed by atoms with E-state index in [1.54, 1.807) is 0 Å². The first-order valence-electron chi connectivity index (χ1n) is 10.8. The number of pyridine rings is 1. The van der Waals surface area contributed by atoms with Crippen LogP contribution in [0.2, 0.25) is 0 Å². The van der Waals surface area contributed by atoms with Crippen molar-refractivity contribution >= 4 is 0 Å². The summed E-state index contributed by atoms with van der Waals surface area (Å²) in [6.45, 7) is 4.65. The minimum Gasteiger partial charge on any atom is -0.261 e. The third kappa shape index (κ3) is 4.61. The van der Waals surface area contributed by atoms with Crippen molar-refractivity contribution in [2.75, 3.05) is 0 Å². The van der Waals surface area contributed by atoms with E-state index in [1.165, 1.54) is 88.3 Å². The molecule has 0 atom stereocenters. The normalized spacial score (nSPS) is 31.1. The Morgan fingerprint density at radius 3 is 1.75 bits per heavy atom. The number of aromatic nitrogens is 1. The van der Waals surface area contributed by atoms with Gasteiger partial charge in [-0.15, -0.1) is 0 Å². The lowest BCUT2D eigenvalue weighted by molar-refractivity contribution is 0.303. The zero-order chi connectivity index (χ0) is 16.8. The van der Waals surface area contributed by atoms with Crippen molar-refractivity contribution in [1.29, 1.82) is 0 Å². The average Bonchev–Trinajstić information content (AvgIpc) is 2.64. The Balaban J connectivity index is 1.51. The smallest absolute Gasteiger partial charge is 0.0434 e. The van der Waals surface area contributed by atoms with Crippen LogP contribution >= 0.6 is 0 Å². The van der Waals surface area contributed by atoms with Crippen molar-refractivity contribution in [3.8, 4) is 0 Å². The largest absolute Gasteiger partial charge is 0.261 e. The zero-order valence-corrected chi connectivity index (χ0v) is 16.0. The SMILES string of the molecule is CCCC1CCC(c2ccc(C3CCC(CCC)CC3)nc2)CC1. The fourth-order valence-electron chi connectivity index (χ4n) is 5.25. The van der Waals surface area contributed by atoms with Gasteiger partial charge in [0.25, 0.3) is 0 Å². The summed E-state index contributed by atoms with van der Waals surface area (Å²) in [6.07, 6.45) is 19.0. The second-order valence-electron chi connectivity index (χ2n) is 8.53. The third-order valence-corrected chi connectivity index (χ3v) is 6.79. The zero-order valence-electron chi connectivity index (χ0n) is 16.0. The second-order valence-corrected chi connectivity index (χ2v) is 8.53. The lowest BCUT2D eigenvalue weighted by atomic mass is 9.77. The summed E-state index contributed by atoms with van der Waals surface area (Å²) in [7, 11) is 0. The summed E-state index contributed by atoms with van der Waals surface area (Å²) in [6, 6.07) is 4.77. The van der Waals surface area contributed by atoms with Crippen molar-refractivity contribution in [3.63, 3.8) is 0 Å². The number of hydrogen-bond donors (Lipinski definition) is 0. The van der Waals surface area contributed by atoms with Gasteiger partial charge in [0, 0.05) is 17.8 Å². The molecule has 0 N–H and O–H groups in total. The number of rotatable bonds is 6. The summed E-state index contributed by atoms with van der Waals surface area (Å²) < 4.78 is 0. The summed E-state index contributed by atoms with van der Waals surface area (Å²) in [5.41, 5.74) is 2.88. The van der Waals surface area contributed by atoms with Crippen LogP contribution in [0.3, 0.4) is 0 Å². The van der Waals surface area contributed by atoms with Gasteiger partial charge in [-0.1, -0.05) is 45.6 Å². The van der Waals surface area contributed by atoms with E-state index in [2.05, 4.69) is 32.2 Å². The monoisotopic (exact) mass is 327 g/mol. The molecule has 0 aromatic carbocycles. The average molecular weight is 328 g/mol. The van der Waals surface area contributed by atoms with Crippen LogP contribution in [0, 0.1) is 11.8 Å². The van der Waals surface area contributed by atoms with Gasteiger partial charge >= 0.3 is 0 Å². The van der Waals surface area contributed by atoms with Crippen molar-refractivity contribution in [2.45, 2.75) is 103 Å². The van der Waals surface area contributed by atoms with E-state index in [4.69, 9.17) is 4.98 Å². The molecule has 0 bridgehead atoms. The molecule has 0 unspecified atom stereocenters. The molecule has 2 saturated carbocycles. The highest BCUT2D eigenvalue weighted by Crippen LogP contribution is 2.39. The highest BCUT2D eigenvalue weighted by Gasteiger charge is 2.24. The molecular weight excluding hydrogens is 290 g/mol. The topological polar surface area (TPSA) is 12.9 Å². The first-order valence-corrected chi connectivity index (χ1v) is 10.8. The molecule has 1 heteroatoms. The highest BCUT2D eigenvalue weighted by atomic mass is 14.7. The molecular formula is C23H37N. The molecule has 24 heavy (non-hydrogen) atoms. The Labute approximate surface area is 149 Å². The van der Waals surface area contributed by atoms with E-state index < -0.39 is 0 Å². The molecule has 0 spiro atoms. The first kappa shape index (κ1) is 18.0. The van der Waals surface area contributed by atoms with E-state index in [1.807, 2.05) is 0 Å². The van der Waals surface area contributed by atoms with Gasteiger partial charge in [0.05, 0.1) is 0 Å². The molecule has 3 rings (SSSR count). The van der Waals surface area contributed by atoms with Crippen LogP contribution < -0.4 is 0 Å². The minimum absolute atomic E-state index is 0.729. The van der Waals surface area contributed by atoms with Crippen LogP contribution in [-0.4, -0.2) is 4.98 Å². The van der Waals surface area contributed by atoms with Crippen molar-refractivity contribution < 1.29 is 0 Å². The predicted molar refractivity (Wildman–Crippen MR) is 103 cm³/mol. The highest BCUT2D eigenvalue weighted by molar-refractivity contribution is 5.21. The van der Waals surface area contributed by atoms with Crippen molar-refractivity contribution in [1.82, 2.24) is 4.98 Å². The maximum atomic E-state index is 4.90. The van der Waals surface area contributed by atoms with E-state index in [-0.39, 0.29) is 0 Å². The van der Waals surface area contributed by atoms with Gasteiger partial charge in [-0.05, 0) is 80.8 Å². The van der Waals surface area contributed by atoms with Gasteiger partial charge < -0.3 is 0 Å². The standard InChI is InChI=1S/C23H37N/c1-3-5-18-7-11-20(12-8-18)22-15-16-23(24-17-22)21-13-9-19(6-4-2)10-14-21/h15-21H,3-14H2,1-2H3. The second kappa shape index (κ2) is 9.02. The maximum Gasteiger partial charge on any atom is 0.0434 e. The van der Waals surface area contributed by atoms with Crippen LogP contribution in [-0.2, 0) is 0 Å². The van der Waals surface area contributed by atoms with Crippen LogP contribution in [0.1, 0.15) is 114 Å². The first-order chi connectivity index (χ1) is 11.8. The van der Waals surface area contributed by atoms with Gasteiger partial charge in [-0.2, -0.15) is 0 Å². The Kier molecular flexibility index (Phi) is 6.75. The van der Waals surface area contributed by atoms with Gasteiger partial charge in [0.2, 0.25) is 0 Å². The minimum atomic E-state index is 0.729. The molecule has 1 aromatic heterocycles. The summed E-state index contributed by atoms with van der Waals surface area (Å²) in [5, 5.41) is 0. The van der Waals surface area contributed by atoms with Crippen LogP contribution in [0.4, 0.5) is 0 Å². The lowest BCUT2D eigenvalue weighted by Gasteiger charge is -2.30. The Morgan fingerprint density at radius 2 is 1.29 bits per heavy atom. The molecule has 2 aliphatic rings. The molecule has 0 radical (unpaired) electrons. The lowest BCUT2D eigenvalue weighted by Crippen LogP contribution is -2.15. The van der Waals surface area contributed by atoms with Gasteiger partial charge in [0.15, 0.2) is 0 Å². The molecule has 0 saturated heterocycles. The van der Waals surface area contributed by atoms with E-state index in [9.17, 15) is 0 Å². The fourth-order valence-corrected chi connectivity index (χ4v) is 5.25. The van der Waals surface area contributed by atoms with Gasteiger partial charge in [0.1, 0.15) is 0 Å². The van der Waals surface area contributed by atoms with Crippen LogP contribution in [0.5, 0.6) is 0 Å². The fraction of sp³-hybridized carbons (Fsp3) is 0.783. The summed E-state index contributed by atoms with van der Waals surface area (Å²) in [5.74, 6) is 3.49. The molecule has 2 aliphatic carbocycles. The quantitative estimate of drug-likeness (QED) is 0.537. The van der Waals surface area contributed by atoms with E-state index >= 15 is 0 Å². The third-order valence-electron chi connectivity index (χ3n) is 6.79. The summed E-state index contributed by atoms with van der Waals surface area (Å²) in [4.78, 5) is 4.90. The Hall–Kier alpha value is -0.850. The van der Waals surface area contributed by atoms with Gasteiger partial charge in [-0.25, -0.2) is 0 Å². The summed E-state index contributed by atoms with van der Waals surface area (Å²) >= 11 is 0. The number of nitrogens with zero attached hydrogens (tertiary/aromatic N) is 1. The Morgan fingerprint density at radius 1 is 0.750 bits per heavy atom. The Bertz CT molecular complexity index is 416. The number of hydrogen-bond acceptors (Lipinski definition) is 1. The molecule has 1 heterocycles. The predicted octanol–water partition coefficient (Wildman–Crippen LogP) is 7.23. The molecule has 1 aromatic rings. The van der Waals surface area contributed by atoms with Crippen LogP contribution in [0.25, 0.3) is 0 Å². The van der Waals surface area contributed by atoms with Crippen molar-refractivity contribution in [3.05, 3.63) is 29.6 Å². The molecule has 1 nitrogen and oxygen atoms in total. The van der Waals surface area contributed by atoms with Gasteiger partial charge in [-0.3, -0.25) is 4.98 Å². The molecule has 2 fully saturated rings. The van der Waals surface area contributed by atoms with Crippen LogP contribution in [0.15, 0.2) is 18.3 Å². The molecule has 0 aliphatic heterocycles. The van der Waals surface area contributed by atoms with E-state index in [0.717, 1.165) is 23.7 Å². The maximum absolute atomic E-state index is 4.90. The van der Waals surface area contributed by atoms with Crippen molar-refractivity contribution in [2.24, 2.45) is 11.8 Å².